The molecule has 0 aromatic heterocycles. The lowest BCUT2D eigenvalue weighted by molar-refractivity contribution is -0.133. The van der Waals surface area contributed by atoms with E-state index in [1.54, 1.807) is 0 Å². The molecule has 4 atom stereocenters. The zero-order valence-electron chi connectivity index (χ0n) is 8.03. The molecule has 7 heteroatoms. The van der Waals surface area contributed by atoms with Gasteiger partial charge < -0.3 is 30.2 Å². The number of hydrogen-bond donors (Lipinski definition) is 4. The molecule has 86 valence electrons. The van der Waals surface area contributed by atoms with Crippen LogP contribution >= 0.6 is 0 Å². The second kappa shape index (κ2) is 6.23. The van der Waals surface area contributed by atoms with Gasteiger partial charge in [-0.2, -0.15) is 0 Å². The molecule has 0 fully saturated rings. The molecule has 4 N–H and O–H groups in total. The molecule has 0 spiro atoms. The molecule has 0 saturated heterocycles. The number of amides is 1. The predicted molar refractivity (Wildman–Crippen MR) is 47.8 cm³/mol. The van der Waals surface area contributed by atoms with Crippen LogP contribution in [0, 0.1) is 0 Å². The van der Waals surface area contributed by atoms with Gasteiger partial charge in [-0.25, -0.2) is 0 Å². The van der Waals surface area contributed by atoms with E-state index in [0.29, 0.717) is 0 Å². The van der Waals surface area contributed by atoms with Crippen molar-refractivity contribution in [2.75, 3.05) is 0 Å². The molecular formula is C8H13NO6. The third kappa shape index (κ3) is 4.15. The van der Waals surface area contributed by atoms with Crippen molar-refractivity contribution in [3.8, 4) is 0 Å². The molecule has 0 saturated carbocycles. The largest absolute Gasteiger partial charge is 0.388 e. The lowest BCUT2D eigenvalue weighted by atomic mass is 10.0. The second-order valence-corrected chi connectivity index (χ2v) is 2.97. The fourth-order valence-electron chi connectivity index (χ4n) is 0.930. The van der Waals surface area contributed by atoms with Gasteiger partial charge in [0, 0.05) is 6.92 Å². The maximum atomic E-state index is 10.6. The van der Waals surface area contributed by atoms with Crippen molar-refractivity contribution < 1.29 is 29.7 Å². The van der Waals surface area contributed by atoms with Crippen molar-refractivity contribution in [3.63, 3.8) is 0 Å². The summed E-state index contributed by atoms with van der Waals surface area (Å²) in [5, 5.41) is 29.4. The lowest BCUT2D eigenvalue weighted by Crippen LogP contribution is -2.52. The molecule has 4 unspecified atom stereocenters. The molecule has 0 bridgehead atoms. The summed E-state index contributed by atoms with van der Waals surface area (Å²) in [5.74, 6) is -0.584. The Morgan fingerprint density at radius 1 is 1.13 bits per heavy atom. The van der Waals surface area contributed by atoms with Crippen molar-refractivity contribution in [2.24, 2.45) is 0 Å². The van der Waals surface area contributed by atoms with Gasteiger partial charge in [-0.3, -0.25) is 4.79 Å². The van der Waals surface area contributed by atoms with Gasteiger partial charge in [-0.05, 0) is 0 Å². The minimum atomic E-state index is -1.83. The standard InChI is InChI=1S/C8H13NO6/c1-4(12)9-5(2-10)7(14)8(15)6(13)3-11/h2-3,5-8,13-15H,1H3,(H,9,12). The highest BCUT2D eigenvalue weighted by Crippen LogP contribution is 2.02. The molecule has 0 aromatic rings. The number of hydrogen-bond acceptors (Lipinski definition) is 6. The number of carbonyl (C=O) groups excluding carboxylic acids is 3. The summed E-state index contributed by atoms with van der Waals surface area (Å²) in [6, 6.07) is -1.37. The SMILES string of the molecule is CC(=O)NC(C=O)C(O)C(O)C(O)C=O. The average Bonchev–Trinajstić information content (AvgIpc) is 2.22. The van der Waals surface area contributed by atoms with E-state index < -0.39 is 30.3 Å². The molecule has 7 nitrogen and oxygen atoms in total. The highest BCUT2D eigenvalue weighted by molar-refractivity contribution is 5.77. The second-order valence-electron chi connectivity index (χ2n) is 2.97. The predicted octanol–water partition coefficient (Wildman–Crippen LogP) is -3.03. The molecule has 0 heterocycles. The van der Waals surface area contributed by atoms with E-state index >= 15 is 0 Å². The Morgan fingerprint density at radius 3 is 2.00 bits per heavy atom. The van der Waals surface area contributed by atoms with E-state index in [-0.39, 0.29) is 12.6 Å². The van der Waals surface area contributed by atoms with Gasteiger partial charge >= 0.3 is 0 Å². The zero-order valence-corrected chi connectivity index (χ0v) is 8.03. The Labute approximate surface area is 85.7 Å². The lowest BCUT2D eigenvalue weighted by Gasteiger charge is -2.24. The molecule has 0 aliphatic rings. The Balaban J connectivity index is 4.49. The fourth-order valence-corrected chi connectivity index (χ4v) is 0.930. The molecular weight excluding hydrogens is 206 g/mol. The summed E-state index contributed by atoms with van der Waals surface area (Å²) in [6.45, 7) is 1.12. The first kappa shape index (κ1) is 13.7. The summed E-state index contributed by atoms with van der Waals surface area (Å²) in [6.07, 6.45) is -5.16. The van der Waals surface area contributed by atoms with E-state index in [0.717, 1.165) is 6.92 Å². The van der Waals surface area contributed by atoms with E-state index in [4.69, 9.17) is 10.2 Å². The van der Waals surface area contributed by atoms with Crippen LogP contribution in [0.15, 0.2) is 0 Å². The monoisotopic (exact) mass is 219 g/mol. The summed E-state index contributed by atoms with van der Waals surface area (Å²) in [4.78, 5) is 31.1. The van der Waals surface area contributed by atoms with Gasteiger partial charge in [-0.15, -0.1) is 0 Å². The van der Waals surface area contributed by atoms with Crippen molar-refractivity contribution >= 4 is 18.5 Å². The van der Waals surface area contributed by atoms with Crippen LogP contribution in [0.3, 0.4) is 0 Å². The van der Waals surface area contributed by atoms with Crippen LogP contribution in [0.1, 0.15) is 6.92 Å². The number of rotatable bonds is 6. The maximum Gasteiger partial charge on any atom is 0.217 e. The Bertz CT molecular complexity index is 243. The zero-order chi connectivity index (χ0) is 12.0. The molecule has 0 radical (unpaired) electrons. The quantitative estimate of drug-likeness (QED) is 0.352. The highest BCUT2D eigenvalue weighted by Gasteiger charge is 2.31. The molecule has 0 aliphatic carbocycles. The van der Waals surface area contributed by atoms with Crippen molar-refractivity contribution in [3.05, 3.63) is 0 Å². The van der Waals surface area contributed by atoms with E-state index in [2.05, 4.69) is 0 Å². The summed E-state index contributed by atoms with van der Waals surface area (Å²) >= 11 is 0. The van der Waals surface area contributed by atoms with Crippen LogP contribution in [-0.2, 0) is 14.4 Å². The Hall–Kier alpha value is -1.31. The van der Waals surface area contributed by atoms with Crippen molar-refractivity contribution in [2.45, 2.75) is 31.3 Å². The van der Waals surface area contributed by atoms with Gasteiger partial charge in [0.1, 0.15) is 30.6 Å². The summed E-state index contributed by atoms with van der Waals surface area (Å²) in [7, 11) is 0. The topological polar surface area (TPSA) is 124 Å². The number of nitrogens with one attached hydrogen (secondary N) is 1. The minimum absolute atomic E-state index is 0.0174. The maximum absolute atomic E-state index is 10.6. The average molecular weight is 219 g/mol. The Morgan fingerprint density at radius 2 is 1.67 bits per heavy atom. The number of aldehydes is 2. The molecule has 15 heavy (non-hydrogen) atoms. The highest BCUT2D eigenvalue weighted by atomic mass is 16.4. The Kier molecular flexibility index (Phi) is 5.68. The van der Waals surface area contributed by atoms with Crippen LogP contribution in [0.2, 0.25) is 0 Å². The fraction of sp³-hybridized carbons (Fsp3) is 0.625. The molecule has 0 rings (SSSR count). The summed E-state index contributed by atoms with van der Waals surface area (Å²) in [5.41, 5.74) is 0. The number of carbonyl (C=O) groups is 3. The van der Waals surface area contributed by atoms with Gasteiger partial charge in [0.15, 0.2) is 6.29 Å². The first-order valence-electron chi connectivity index (χ1n) is 4.16. The minimum Gasteiger partial charge on any atom is -0.388 e. The van der Waals surface area contributed by atoms with Crippen LogP contribution in [0.5, 0.6) is 0 Å². The van der Waals surface area contributed by atoms with Crippen LogP contribution in [0.4, 0.5) is 0 Å². The van der Waals surface area contributed by atoms with Gasteiger partial charge in [-0.1, -0.05) is 0 Å². The normalized spacial score (nSPS) is 18.4. The first-order chi connectivity index (χ1) is 6.93. The van der Waals surface area contributed by atoms with Crippen molar-refractivity contribution in [1.82, 2.24) is 5.32 Å². The van der Waals surface area contributed by atoms with E-state index in [9.17, 15) is 19.5 Å². The number of aliphatic hydroxyl groups excluding tert-OH is 3. The van der Waals surface area contributed by atoms with Crippen LogP contribution < -0.4 is 5.32 Å². The van der Waals surface area contributed by atoms with Crippen LogP contribution in [-0.4, -0.2) is 58.2 Å². The van der Waals surface area contributed by atoms with E-state index in [1.807, 2.05) is 5.32 Å². The third-order valence-electron chi connectivity index (χ3n) is 1.72. The third-order valence-corrected chi connectivity index (χ3v) is 1.72. The van der Waals surface area contributed by atoms with Crippen molar-refractivity contribution in [1.29, 1.82) is 0 Å². The summed E-state index contributed by atoms with van der Waals surface area (Å²) < 4.78 is 0. The molecule has 0 aromatic carbocycles. The molecule has 1 amide bonds. The van der Waals surface area contributed by atoms with Gasteiger partial charge in [0.25, 0.3) is 0 Å². The first-order valence-corrected chi connectivity index (χ1v) is 4.16. The smallest absolute Gasteiger partial charge is 0.217 e. The van der Waals surface area contributed by atoms with Crippen LogP contribution in [0.25, 0.3) is 0 Å². The van der Waals surface area contributed by atoms with E-state index in [1.165, 1.54) is 0 Å². The van der Waals surface area contributed by atoms with Gasteiger partial charge in [0.2, 0.25) is 5.91 Å². The molecule has 0 aliphatic heterocycles. The number of aliphatic hydroxyl groups is 3. The van der Waals surface area contributed by atoms with Gasteiger partial charge in [0.05, 0.1) is 0 Å².